The molecule has 4 aromatic rings. The Labute approximate surface area is 248 Å². The van der Waals surface area contributed by atoms with Crippen molar-refractivity contribution in [3.8, 4) is 22.6 Å². The first kappa shape index (κ1) is 28.0. The van der Waals surface area contributed by atoms with Crippen LogP contribution in [0.5, 0.6) is 11.5 Å². The average Bonchev–Trinajstić information content (AvgIpc) is 3.06. The molecule has 0 radical (unpaired) electrons. The Hall–Kier alpha value is -4.18. The largest absolute Gasteiger partial charge is 0.423 e. The molecular weight excluding hydrogens is 520 g/mol. The van der Waals surface area contributed by atoms with Gasteiger partial charge in [0.1, 0.15) is 11.5 Å². The Bertz CT molecular complexity index is 1490. The molecule has 0 spiro atoms. The minimum absolute atomic E-state index is 0.374. The van der Waals surface area contributed by atoms with Crippen molar-refractivity contribution in [3.05, 3.63) is 119 Å². The van der Waals surface area contributed by atoms with Crippen molar-refractivity contribution in [1.82, 2.24) is 0 Å². The summed E-state index contributed by atoms with van der Waals surface area (Å²) < 4.78 is 11.5. The molecule has 0 heterocycles. The second-order valence-electron chi connectivity index (χ2n) is 11.7. The molecule has 2 aliphatic rings. The van der Waals surface area contributed by atoms with E-state index in [1.54, 1.807) is 18.2 Å². The van der Waals surface area contributed by atoms with E-state index < -0.39 is 11.9 Å². The zero-order valence-electron chi connectivity index (χ0n) is 24.1. The molecule has 0 aromatic heterocycles. The second-order valence-corrected chi connectivity index (χ2v) is 11.7. The van der Waals surface area contributed by atoms with Crippen LogP contribution in [0.25, 0.3) is 11.1 Å². The normalized spacial score (nSPS) is 16.1. The van der Waals surface area contributed by atoms with Gasteiger partial charge < -0.3 is 9.47 Å². The maximum atomic E-state index is 13.4. The standard InChI is InChI=1S/C38H38O4/c39-37(41-33-21-16-29(17-22-33)27-10-4-1-5-11-27)32-20-25-35(36(26-32)31-14-8-3-9-15-31)38(40)42-34-23-18-30(19-24-34)28-12-6-2-7-13-28/h3,8-9,14-28H,1-2,4-7,10-13H2. The second kappa shape index (κ2) is 13.2. The summed E-state index contributed by atoms with van der Waals surface area (Å²) in [6, 6.07) is 30.4. The maximum absolute atomic E-state index is 13.4. The third kappa shape index (κ3) is 6.65. The number of ether oxygens (including phenoxy) is 2. The molecule has 0 saturated heterocycles. The number of hydrogen-bond donors (Lipinski definition) is 0. The van der Waals surface area contributed by atoms with Crippen LogP contribution < -0.4 is 9.47 Å². The summed E-state index contributed by atoms with van der Waals surface area (Å²) in [5.74, 6) is 1.29. The molecule has 4 nitrogen and oxygen atoms in total. The van der Waals surface area contributed by atoms with E-state index in [2.05, 4.69) is 24.3 Å². The van der Waals surface area contributed by atoms with Gasteiger partial charge in [0, 0.05) is 0 Å². The molecule has 0 unspecified atom stereocenters. The minimum atomic E-state index is -0.462. The summed E-state index contributed by atoms with van der Waals surface area (Å²) in [7, 11) is 0. The summed E-state index contributed by atoms with van der Waals surface area (Å²) in [5.41, 5.74) is 4.84. The number of benzene rings is 4. The fourth-order valence-corrected chi connectivity index (χ4v) is 6.52. The average molecular weight is 559 g/mol. The number of esters is 2. The van der Waals surface area contributed by atoms with Gasteiger partial charge in [0.15, 0.2) is 0 Å². The van der Waals surface area contributed by atoms with Crippen LogP contribution in [0.15, 0.2) is 97.1 Å². The highest BCUT2D eigenvalue weighted by Gasteiger charge is 2.21. The molecular formula is C38H38O4. The lowest BCUT2D eigenvalue weighted by Gasteiger charge is -2.22. The van der Waals surface area contributed by atoms with Crippen molar-refractivity contribution in [2.75, 3.05) is 0 Å². The highest BCUT2D eigenvalue weighted by atomic mass is 16.5. The zero-order valence-corrected chi connectivity index (χ0v) is 24.1. The van der Waals surface area contributed by atoms with Crippen LogP contribution in [0.4, 0.5) is 0 Å². The van der Waals surface area contributed by atoms with Gasteiger partial charge in [-0.1, -0.05) is 93.1 Å². The predicted molar refractivity (Wildman–Crippen MR) is 166 cm³/mol. The van der Waals surface area contributed by atoms with Crippen molar-refractivity contribution in [3.63, 3.8) is 0 Å². The van der Waals surface area contributed by atoms with Crippen LogP contribution in [-0.2, 0) is 0 Å². The van der Waals surface area contributed by atoms with Crippen molar-refractivity contribution >= 4 is 11.9 Å². The SMILES string of the molecule is O=C(Oc1ccc(C2CCCCC2)cc1)c1ccc(C(=O)Oc2ccc(C3CCCCC3)cc2)c(-c2ccccc2)c1. The smallest absolute Gasteiger partial charge is 0.344 e. The Morgan fingerprint density at radius 3 is 1.55 bits per heavy atom. The van der Waals surface area contributed by atoms with Crippen molar-refractivity contribution in [2.24, 2.45) is 0 Å². The van der Waals surface area contributed by atoms with E-state index in [-0.39, 0.29) is 0 Å². The molecule has 4 aromatic carbocycles. The highest BCUT2D eigenvalue weighted by molar-refractivity contribution is 6.01. The molecule has 6 rings (SSSR count). The first-order valence-corrected chi connectivity index (χ1v) is 15.5. The van der Waals surface area contributed by atoms with Crippen LogP contribution in [0.2, 0.25) is 0 Å². The minimum Gasteiger partial charge on any atom is -0.423 e. The first-order valence-electron chi connectivity index (χ1n) is 15.5. The van der Waals surface area contributed by atoms with E-state index in [0.717, 1.165) is 5.56 Å². The molecule has 42 heavy (non-hydrogen) atoms. The highest BCUT2D eigenvalue weighted by Crippen LogP contribution is 2.35. The first-order chi connectivity index (χ1) is 20.6. The molecule has 0 aliphatic heterocycles. The van der Waals surface area contributed by atoms with Crippen LogP contribution in [0.3, 0.4) is 0 Å². The summed E-state index contributed by atoms with van der Waals surface area (Å²) in [4.78, 5) is 26.6. The Balaban J connectivity index is 1.19. The van der Waals surface area contributed by atoms with Gasteiger partial charge in [-0.3, -0.25) is 0 Å². The van der Waals surface area contributed by atoms with Crippen LogP contribution in [0.1, 0.15) is 108 Å². The van der Waals surface area contributed by atoms with E-state index in [9.17, 15) is 9.59 Å². The number of carbonyl (C=O) groups is 2. The van der Waals surface area contributed by atoms with Crippen molar-refractivity contribution in [2.45, 2.75) is 76.0 Å². The quantitative estimate of drug-likeness (QED) is 0.167. The van der Waals surface area contributed by atoms with E-state index in [0.29, 0.717) is 40.0 Å². The Kier molecular flexibility index (Phi) is 8.79. The maximum Gasteiger partial charge on any atom is 0.344 e. The van der Waals surface area contributed by atoms with Gasteiger partial charge in [-0.05, 0) is 102 Å². The summed E-state index contributed by atoms with van der Waals surface area (Å²) in [6.07, 6.45) is 12.6. The van der Waals surface area contributed by atoms with Gasteiger partial charge in [-0.25, -0.2) is 9.59 Å². The third-order valence-electron chi connectivity index (χ3n) is 8.89. The van der Waals surface area contributed by atoms with E-state index in [4.69, 9.17) is 9.47 Å². The fraction of sp³-hybridized carbons (Fsp3) is 0.316. The third-order valence-corrected chi connectivity index (χ3v) is 8.89. The molecule has 2 aliphatic carbocycles. The van der Waals surface area contributed by atoms with E-state index in [1.807, 2.05) is 54.6 Å². The van der Waals surface area contributed by atoms with Gasteiger partial charge in [0.25, 0.3) is 0 Å². The van der Waals surface area contributed by atoms with Crippen molar-refractivity contribution < 1.29 is 19.1 Å². The summed E-state index contributed by atoms with van der Waals surface area (Å²) >= 11 is 0. The molecule has 2 saturated carbocycles. The molecule has 214 valence electrons. The van der Waals surface area contributed by atoms with Gasteiger partial charge in [-0.2, -0.15) is 0 Å². The predicted octanol–water partition coefficient (Wildman–Crippen LogP) is 9.89. The molecule has 0 bridgehead atoms. The van der Waals surface area contributed by atoms with Gasteiger partial charge in [0.2, 0.25) is 0 Å². The van der Waals surface area contributed by atoms with Gasteiger partial charge in [0.05, 0.1) is 11.1 Å². The Morgan fingerprint density at radius 1 is 0.524 bits per heavy atom. The molecule has 2 fully saturated rings. The molecule has 0 amide bonds. The van der Waals surface area contributed by atoms with E-state index >= 15 is 0 Å². The number of hydrogen-bond acceptors (Lipinski definition) is 4. The van der Waals surface area contributed by atoms with Crippen molar-refractivity contribution in [1.29, 1.82) is 0 Å². The lowest BCUT2D eigenvalue weighted by atomic mass is 9.84. The van der Waals surface area contributed by atoms with Gasteiger partial charge >= 0.3 is 11.9 Å². The molecule has 0 atom stereocenters. The summed E-state index contributed by atoms with van der Waals surface area (Å²) in [6.45, 7) is 0. The lowest BCUT2D eigenvalue weighted by molar-refractivity contribution is 0.0721. The summed E-state index contributed by atoms with van der Waals surface area (Å²) in [5, 5.41) is 0. The molecule has 4 heteroatoms. The van der Waals surface area contributed by atoms with Crippen LogP contribution in [-0.4, -0.2) is 11.9 Å². The Morgan fingerprint density at radius 2 is 1.02 bits per heavy atom. The van der Waals surface area contributed by atoms with Crippen LogP contribution >= 0.6 is 0 Å². The zero-order chi connectivity index (χ0) is 28.7. The number of rotatable bonds is 7. The number of carbonyl (C=O) groups excluding carboxylic acids is 2. The monoisotopic (exact) mass is 558 g/mol. The molecule has 0 N–H and O–H groups in total. The van der Waals surface area contributed by atoms with Gasteiger partial charge in [-0.15, -0.1) is 0 Å². The topological polar surface area (TPSA) is 52.6 Å². The lowest BCUT2D eigenvalue weighted by Crippen LogP contribution is -2.13. The van der Waals surface area contributed by atoms with E-state index in [1.165, 1.54) is 75.3 Å². The fourth-order valence-electron chi connectivity index (χ4n) is 6.52. The van der Waals surface area contributed by atoms with Crippen LogP contribution in [0, 0.1) is 0 Å².